The highest BCUT2D eigenvalue weighted by Crippen LogP contribution is 2.33. The fourth-order valence-electron chi connectivity index (χ4n) is 2.46. The standard InChI is InChI=1S/C19H20F4N2O3S/c1-2-11-24-29(27,28)15-7-3-13(4-8-15)5-10-18(26)25-14-6-9-17(20)16(12-14)19(21,22)23/h3-4,6-9,12,24H,2,5,10-11H2,1H3,(H,25,26). The molecule has 2 rings (SSSR count). The SMILES string of the molecule is CCCNS(=O)(=O)c1ccc(CCC(=O)Nc2ccc(F)c(C(F)(F)F)c2)cc1. The quantitative estimate of drug-likeness (QED) is 0.617. The highest BCUT2D eigenvalue weighted by atomic mass is 32.2. The second-order valence-corrected chi connectivity index (χ2v) is 8.05. The summed E-state index contributed by atoms with van der Waals surface area (Å²) in [7, 11) is -3.58. The van der Waals surface area contributed by atoms with Crippen LogP contribution in [0, 0.1) is 5.82 Å². The summed E-state index contributed by atoms with van der Waals surface area (Å²) in [6.45, 7) is 2.16. The number of hydrogen-bond donors (Lipinski definition) is 2. The number of carbonyl (C=O) groups excluding carboxylic acids is 1. The highest BCUT2D eigenvalue weighted by Gasteiger charge is 2.34. The molecule has 0 radical (unpaired) electrons. The van der Waals surface area contributed by atoms with Gasteiger partial charge in [-0.25, -0.2) is 17.5 Å². The minimum absolute atomic E-state index is 0.0427. The third kappa shape index (κ3) is 6.53. The van der Waals surface area contributed by atoms with Crippen LogP contribution in [0.4, 0.5) is 23.2 Å². The Hall–Kier alpha value is -2.46. The van der Waals surface area contributed by atoms with Gasteiger partial charge < -0.3 is 5.32 Å². The van der Waals surface area contributed by atoms with Crippen LogP contribution in [-0.2, 0) is 27.4 Å². The fraction of sp³-hybridized carbons (Fsp3) is 0.316. The minimum atomic E-state index is -4.86. The molecule has 2 aromatic carbocycles. The predicted octanol–water partition coefficient (Wildman–Crippen LogP) is 4.10. The third-order valence-electron chi connectivity index (χ3n) is 3.97. The van der Waals surface area contributed by atoms with Crippen molar-refractivity contribution in [1.29, 1.82) is 0 Å². The Labute approximate surface area is 166 Å². The molecule has 0 aliphatic carbocycles. The first-order valence-electron chi connectivity index (χ1n) is 8.78. The van der Waals surface area contributed by atoms with Crippen LogP contribution in [0.2, 0.25) is 0 Å². The zero-order valence-corrected chi connectivity index (χ0v) is 16.3. The largest absolute Gasteiger partial charge is 0.419 e. The van der Waals surface area contributed by atoms with Gasteiger partial charge in [0.15, 0.2) is 0 Å². The molecule has 0 unspecified atom stereocenters. The number of sulfonamides is 1. The molecule has 0 aromatic heterocycles. The van der Waals surface area contributed by atoms with Crippen molar-refractivity contribution in [2.45, 2.75) is 37.3 Å². The zero-order chi connectivity index (χ0) is 21.7. The number of alkyl halides is 3. The van der Waals surface area contributed by atoms with E-state index in [1.165, 1.54) is 12.1 Å². The Bertz CT molecular complexity index is 958. The lowest BCUT2D eigenvalue weighted by Crippen LogP contribution is -2.24. The number of amides is 1. The molecule has 2 aromatic rings. The van der Waals surface area contributed by atoms with Crippen molar-refractivity contribution >= 4 is 21.6 Å². The molecule has 0 saturated heterocycles. The van der Waals surface area contributed by atoms with Crippen LogP contribution < -0.4 is 10.0 Å². The van der Waals surface area contributed by atoms with E-state index in [1.54, 1.807) is 12.1 Å². The molecule has 2 N–H and O–H groups in total. The average Bonchev–Trinajstić information content (AvgIpc) is 2.66. The molecule has 0 aliphatic heterocycles. The molecule has 0 heterocycles. The molecule has 10 heteroatoms. The molecule has 0 saturated carbocycles. The Morgan fingerprint density at radius 3 is 2.31 bits per heavy atom. The normalized spacial score (nSPS) is 12.0. The first kappa shape index (κ1) is 22.8. The zero-order valence-electron chi connectivity index (χ0n) is 15.5. The summed E-state index contributed by atoms with van der Waals surface area (Å²) in [5.41, 5.74) is -0.930. The van der Waals surface area contributed by atoms with Gasteiger partial charge in [-0.05, 0) is 48.7 Å². The maximum Gasteiger partial charge on any atom is 0.419 e. The van der Waals surface area contributed by atoms with Gasteiger partial charge in [-0.3, -0.25) is 4.79 Å². The highest BCUT2D eigenvalue weighted by molar-refractivity contribution is 7.89. The lowest BCUT2D eigenvalue weighted by molar-refractivity contribution is -0.140. The maximum absolute atomic E-state index is 13.3. The van der Waals surface area contributed by atoms with Crippen molar-refractivity contribution in [3.63, 3.8) is 0 Å². The first-order valence-corrected chi connectivity index (χ1v) is 10.3. The molecule has 1 amide bonds. The van der Waals surface area contributed by atoms with Gasteiger partial charge in [0.1, 0.15) is 5.82 Å². The van der Waals surface area contributed by atoms with Crippen LogP contribution in [0.3, 0.4) is 0 Å². The third-order valence-corrected chi connectivity index (χ3v) is 5.45. The number of halogens is 4. The number of aryl methyl sites for hydroxylation is 1. The maximum atomic E-state index is 13.3. The molecule has 0 atom stereocenters. The Kier molecular flexibility index (Phi) is 7.37. The van der Waals surface area contributed by atoms with Gasteiger partial charge in [-0.15, -0.1) is 0 Å². The van der Waals surface area contributed by atoms with Crippen molar-refractivity contribution in [2.75, 3.05) is 11.9 Å². The van der Waals surface area contributed by atoms with Crippen LogP contribution in [0.5, 0.6) is 0 Å². The van der Waals surface area contributed by atoms with Crippen molar-refractivity contribution < 1.29 is 30.8 Å². The molecule has 5 nitrogen and oxygen atoms in total. The van der Waals surface area contributed by atoms with E-state index in [0.717, 1.165) is 6.07 Å². The van der Waals surface area contributed by atoms with Crippen LogP contribution in [-0.4, -0.2) is 20.9 Å². The number of benzene rings is 2. The second-order valence-electron chi connectivity index (χ2n) is 6.28. The summed E-state index contributed by atoms with van der Waals surface area (Å²) in [6.07, 6.45) is -4.00. The van der Waals surface area contributed by atoms with Gasteiger partial charge in [-0.1, -0.05) is 19.1 Å². The molecule has 0 bridgehead atoms. The van der Waals surface area contributed by atoms with E-state index in [-0.39, 0.29) is 23.4 Å². The number of anilines is 1. The van der Waals surface area contributed by atoms with Gasteiger partial charge in [0.25, 0.3) is 0 Å². The lowest BCUT2D eigenvalue weighted by atomic mass is 10.1. The summed E-state index contributed by atoms with van der Waals surface area (Å²) < 4.78 is 77.9. The van der Waals surface area contributed by atoms with Crippen molar-refractivity contribution in [3.05, 3.63) is 59.4 Å². The second kappa shape index (κ2) is 9.36. The van der Waals surface area contributed by atoms with Crippen LogP contribution in [0.25, 0.3) is 0 Å². The summed E-state index contributed by atoms with van der Waals surface area (Å²) in [4.78, 5) is 12.1. The van der Waals surface area contributed by atoms with E-state index in [1.807, 2.05) is 6.92 Å². The van der Waals surface area contributed by atoms with Crippen molar-refractivity contribution in [3.8, 4) is 0 Å². The fourth-order valence-corrected chi connectivity index (χ4v) is 3.59. The summed E-state index contributed by atoms with van der Waals surface area (Å²) >= 11 is 0. The number of carbonyl (C=O) groups is 1. The Balaban J connectivity index is 1.96. The number of nitrogens with one attached hydrogen (secondary N) is 2. The van der Waals surface area contributed by atoms with Crippen molar-refractivity contribution in [2.24, 2.45) is 0 Å². The molecule has 29 heavy (non-hydrogen) atoms. The van der Waals surface area contributed by atoms with E-state index in [0.29, 0.717) is 30.7 Å². The van der Waals surface area contributed by atoms with Crippen molar-refractivity contribution in [1.82, 2.24) is 4.72 Å². The van der Waals surface area contributed by atoms with E-state index >= 15 is 0 Å². The monoisotopic (exact) mass is 432 g/mol. The van der Waals surface area contributed by atoms with Crippen LogP contribution in [0.15, 0.2) is 47.4 Å². The van der Waals surface area contributed by atoms with Gasteiger partial charge in [0.05, 0.1) is 10.5 Å². The average molecular weight is 432 g/mol. The van der Waals surface area contributed by atoms with Crippen LogP contribution >= 0.6 is 0 Å². The van der Waals surface area contributed by atoms with E-state index in [9.17, 15) is 30.8 Å². The van der Waals surface area contributed by atoms with Gasteiger partial charge in [0, 0.05) is 18.7 Å². The van der Waals surface area contributed by atoms with E-state index < -0.39 is 33.5 Å². The van der Waals surface area contributed by atoms with Crippen LogP contribution in [0.1, 0.15) is 30.9 Å². The number of rotatable bonds is 8. The molecular weight excluding hydrogens is 412 g/mol. The molecule has 158 valence electrons. The Morgan fingerprint density at radius 2 is 1.72 bits per heavy atom. The smallest absolute Gasteiger partial charge is 0.326 e. The summed E-state index contributed by atoms with van der Waals surface area (Å²) in [5.74, 6) is -1.97. The lowest BCUT2D eigenvalue weighted by Gasteiger charge is -2.11. The molecule has 0 fully saturated rings. The molecule has 0 aliphatic rings. The van der Waals surface area contributed by atoms with Gasteiger partial charge in [-0.2, -0.15) is 13.2 Å². The summed E-state index contributed by atoms with van der Waals surface area (Å²) in [6, 6.07) is 8.19. The van der Waals surface area contributed by atoms with Gasteiger partial charge in [0.2, 0.25) is 15.9 Å². The summed E-state index contributed by atoms with van der Waals surface area (Å²) in [5, 5.41) is 2.30. The van der Waals surface area contributed by atoms with E-state index in [4.69, 9.17) is 0 Å². The first-order chi connectivity index (χ1) is 13.5. The topological polar surface area (TPSA) is 75.3 Å². The van der Waals surface area contributed by atoms with Gasteiger partial charge >= 0.3 is 6.18 Å². The van der Waals surface area contributed by atoms with E-state index in [2.05, 4.69) is 10.0 Å². The number of hydrogen-bond acceptors (Lipinski definition) is 3. The molecular formula is C19H20F4N2O3S. The predicted molar refractivity (Wildman–Crippen MR) is 100 cm³/mol. The minimum Gasteiger partial charge on any atom is -0.326 e. The molecule has 0 spiro atoms. The Morgan fingerprint density at radius 1 is 1.07 bits per heavy atom.